The van der Waals surface area contributed by atoms with Crippen molar-refractivity contribution in [1.29, 1.82) is 0 Å². The lowest BCUT2D eigenvalue weighted by atomic mass is 10.0. The van der Waals surface area contributed by atoms with Crippen LogP contribution in [0.1, 0.15) is 226 Å². The van der Waals surface area contributed by atoms with Crippen molar-refractivity contribution >= 4 is 13.8 Å². The van der Waals surface area contributed by atoms with Gasteiger partial charge in [-0.1, -0.05) is 200 Å². The number of esters is 1. The molecule has 0 aliphatic heterocycles. The summed E-state index contributed by atoms with van der Waals surface area (Å²) >= 11 is 0. The minimum atomic E-state index is -4.29. The molecule has 0 spiro atoms. The molecule has 0 aromatic carbocycles. The third-order valence-corrected chi connectivity index (χ3v) is 10.8. The fourth-order valence-electron chi connectivity index (χ4n) is 6.49. The van der Waals surface area contributed by atoms with Crippen LogP contribution in [0, 0.1) is 0 Å². The zero-order valence-electron chi connectivity index (χ0n) is 34.3. The van der Waals surface area contributed by atoms with E-state index in [0.29, 0.717) is 6.42 Å². The number of ether oxygens (including phenoxy) is 2. The van der Waals surface area contributed by atoms with Crippen LogP contribution in [0.4, 0.5) is 0 Å². The first-order chi connectivity index (χ1) is 25.4. The van der Waals surface area contributed by atoms with Crippen LogP contribution in [-0.4, -0.2) is 43.3 Å². The van der Waals surface area contributed by atoms with E-state index in [1.54, 1.807) is 6.26 Å². The quantitative estimate of drug-likeness (QED) is 0.0273. The maximum Gasteiger partial charge on any atom is 0.472 e. The first-order valence-electron chi connectivity index (χ1n) is 22.2. The summed E-state index contributed by atoms with van der Waals surface area (Å²) in [5, 5.41) is 0. The molecule has 0 bridgehead atoms. The van der Waals surface area contributed by atoms with Crippen molar-refractivity contribution in [3.8, 4) is 0 Å². The van der Waals surface area contributed by atoms with Crippen LogP contribution in [0.3, 0.4) is 0 Å². The molecule has 0 aliphatic carbocycles. The highest BCUT2D eigenvalue weighted by Crippen LogP contribution is 2.43. The summed E-state index contributed by atoms with van der Waals surface area (Å²) < 4.78 is 33.2. The number of hydrogen-bond donors (Lipinski definition) is 2. The Morgan fingerprint density at radius 1 is 0.577 bits per heavy atom. The Morgan fingerprint density at radius 2 is 0.962 bits per heavy atom. The first-order valence-corrected chi connectivity index (χ1v) is 23.7. The fourth-order valence-corrected chi connectivity index (χ4v) is 7.26. The Balaban J connectivity index is 4.02. The predicted octanol–water partition coefficient (Wildman–Crippen LogP) is 13.4. The Kier molecular flexibility index (Phi) is 40.5. The summed E-state index contributed by atoms with van der Waals surface area (Å²) in [5.41, 5.74) is 5.36. The van der Waals surface area contributed by atoms with Crippen LogP contribution in [0.5, 0.6) is 0 Å². The lowest BCUT2D eigenvalue weighted by Crippen LogP contribution is -2.27. The van der Waals surface area contributed by atoms with Crippen molar-refractivity contribution in [2.45, 2.75) is 232 Å². The zero-order valence-corrected chi connectivity index (χ0v) is 35.2. The van der Waals surface area contributed by atoms with Crippen LogP contribution in [-0.2, 0) is 27.9 Å². The fraction of sp³-hybridized carbons (Fsp3) is 0.930. The molecule has 0 heterocycles. The molecule has 0 aromatic heterocycles. The van der Waals surface area contributed by atoms with Gasteiger partial charge in [0.25, 0.3) is 0 Å². The highest BCUT2D eigenvalue weighted by molar-refractivity contribution is 7.47. The van der Waals surface area contributed by atoms with E-state index in [1.807, 2.05) is 6.08 Å². The Bertz CT molecular complexity index is 812. The largest absolute Gasteiger partial charge is 0.498 e. The molecular weight excluding hydrogens is 673 g/mol. The molecule has 310 valence electrons. The van der Waals surface area contributed by atoms with Gasteiger partial charge in [0.2, 0.25) is 0 Å². The number of phosphoric acid groups is 1. The summed E-state index contributed by atoms with van der Waals surface area (Å²) in [6.07, 6.45) is 44.6. The van der Waals surface area contributed by atoms with E-state index in [-0.39, 0.29) is 32.3 Å². The standard InChI is InChI=1S/C43H86NO7P/c1-3-5-7-9-11-13-15-17-19-21-22-24-26-28-30-32-34-36-43(45)51-42(41-50-52(46,47)49-39-37-44)40-48-38-35-33-31-29-27-25-23-20-18-16-14-12-10-8-6-4-2/h35,38,42H,3-34,36-37,39-41,44H2,1-2H3,(H,46,47). The summed E-state index contributed by atoms with van der Waals surface area (Å²) in [6, 6.07) is 0. The topological polar surface area (TPSA) is 117 Å². The van der Waals surface area contributed by atoms with Gasteiger partial charge in [-0.2, -0.15) is 0 Å². The van der Waals surface area contributed by atoms with Crippen molar-refractivity contribution in [1.82, 2.24) is 0 Å². The molecule has 3 N–H and O–H groups in total. The molecule has 9 heteroatoms. The van der Waals surface area contributed by atoms with E-state index in [1.165, 1.54) is 173 Å². The van der Waals surface area contributed by atoms with Gasteiger partial charge in [0.1, 0.15) is 6.61 Å². The number of allylic oxidation sites excluding steroid dienone is 1. The second kappa shape index (κ2) is 41.2. The number of rotatable bonds is 43. The normalized spacial score (nSPS) is 13.5. The van der Waals surface area contributed by atoms with Crippen LogP contribution < -0.4 is 5.73 Å². The molecule has 2 unspecified atom stereocenters. The van der Waals surface area contributed by atoms with Gasteiger partial charge >= 0.3 is 13.8 Å². The SMILES string of the molecule is CCCCCCCCCCCCCCCCC=COCC(COP(=O)(O)OCCN)OC(=O)CCCCCCCCCCCCCCCCCCC. The number of hydrogen-bond acceptors (Lipinski definition) is 7. The minimum Gasteiger partial charge on any atom is -0.498 e. The van der Waals surface area contributed by atoms with Crippen LogP contribution >= 0.6 is 7.82 Å². The van der Waals surface area contributed by atoms with Crippen LogP contribution in [0.15, 0.2) is 12.3 Å². The molecule has 0 rings (SSSR count). The van der Waals surface area contributed by atoms with E-state index in [4.69, 9.17) is 24.3 Å². The van der Waals surface area contributed by atoms with Crippen molar-refractivity contribution in [3.63, 3.8) is 0 Å². The van der Waals surface area contributed by atoms with Gasteiger partial charge in [0.15, 0.2) is 6.10 Å². The summed E-state index contributed by atoms with van der Waals surface area (Å²) in [4.78, 5) is 22.5. The van der Waals surface area contributed by atoms with Gasteiger partial charge in [-0.3, -0.25) is 13.8 Å². The molecule has 0 saturated heterocycles. The molecule has 8 nitrogen and oxygen atoms in total. The van der Waals surface area contributed by atoms with E-state index in [2.05, 4.69) is 13.8 Å². The molecule has 2 atom stereocenters. The Labute approximate surface area is 322 Å². The van der Waals surface area contributed by atoms with Crippen molar-refractivity contribution in [3.05, 3.63) is 12.3 Å². The second-order valence-electron chi connectivity index (χ2n) is 15.0. The minimum absolute atomic E-state index is 0.0386. The molecule has 0 aromatic rings. The maximum absolute atomic E-state index is 12.6. The van der Waals surface area contributed by atoms with Gasteiger partial charge in [0, 0.05) is 13.0 Å². The summed E-state index contributed by atoms with van der Waals surface area (Å²) in [7, 11) is -4.29. The van der Waals surface area contributed by atoms with Gasteiger partial charge in [-0.25, -0.2) is 4.57 Å². The molecule has 0 amide bonds. The monoisotopic (exact) mass is 760 g/mol. The van der Waals surface area contributed by atoms with E-state index < -0.39 is 13.9 Å². The van der Waals surface area contributed by atoms with Crippen molar-refractivity contribution in [2.75, 3.05) is 26.4 Å². The van der Waals surface area contributed by atoms with Gasteiger partial charge in [-0.15, -0.1) is 0 Å². The van der Waals surface area contributed by atoms with Crippen molar-refractivity contribution in [2.24, 2.45) is 5.73 Å². The van der Waals surface area contributed by atoms with Gasteiger partial charge in [-0.05, 0) is 25.3 Å². The molecule has 52 heavy (non-hydrogen) atoms. The van der Waals surface area contributed by atoms with Crippen LogP contribution in [0.25, 0.3) is 0 Å². The lowest BCUT2D eigenvalue weighted by Gasteiger charge is -2.19. The summed E-state index contributed by atoms with van der Waals surface area (Å²) in [5.74, 6) is -0.347. The number of unbranched alkanes of at least 4 members (excludes halogenated alkanes) is 30. The molecule has 0 fully saturated rings. The highest BCUT2D eigenvalue weighted by Gasteiger charge is 2.25. The van der Waals surface area contributed by atoms with E-state index in [9.17, 15) is 14.3 Å². The molecular formula is C43H86NO7P. The second-order valence-corrected chi connectivity index (χ2v) is 16.4. The smallest absolute Gasteiger partial charge is 0.472 e. The third-order valence-electron chi connectivity index (χ3n) is 9.78. The number of carbonyl (C=O) groups excluding carboxylic acids is 1. The average molecular weight is 760 g/mol. The Hall–Kier alpha value is -0.920. The zero-order chi connectivity index (χ0) is 38.1. The maximum atomic E-state index is 12.6. The number of nitrogens with two attached hydrogens (primary N) is 1. The molecule has 0 aliphatic rings. The van der Waals surface area contributed by atoms with E-state index >= 15 is 0 Å². The highest BCUT2D eigenvalue weighted by atomic mass is 31.2. The van der Waals surface area contributed by atoms with E-state index in [0.717, 1.165) is 32.1 Å². The summed E-state index contributed by atoms with van der Waals surface area (Å²) in [6.45, 7) is 4.28. The first kappa shape index (κ1) is 51.1. The molecule has 0 radical (unpaired) electrons. The predicted molar refractivity (Wildman–Crippen MR) is 219 cm³/mol. The van der Waals surface area contributed by atoms with Crippen molar-refractivity contribution < 1.29 is 32.8 Å². The number of phosphoric ester groups is 1. The number of carbonyl (C=O) groups is 1. The average Bonchev–Trinajstić information content (AvgIpc) is 3.13. The Morgan fingerprint density at radius 3 is 1.37 bits per heavy atom. The van der Waals surface area contributed by atoms with Gasteiger partial charge in [0.05, 0.1) is 19.5 Å². The molecule has 0 saturated carbocycles. The van der Waals surface area contributed by atoms with Gasteiger partial charge < -0.3 is 20.1 Å². The lowest BCUT2D eigenvalue weighted by molar-refractivity contribution is -0.153. The van der Waals surface area contributed by atoms with Crippen LogP contribution in [0.2, 0.25) is 0 Å². The third kappa shape index (κ3) is 40.3.